The van der Waals surface area contributed by atoms with Crippen LogP contribution in [0.4, 0.5) is 0 Å². The molecule has 1 rings (SSSR count). The van der Waals surface area contributed by atoms with E-state index in [0.29, 0.717) is 11.5 Å². The van der Waals surface area contributed by atoms with Crippen molar-refractivity contribution in [2.75, 3.05) is 20.8 Å². The fourth-order valence-electron chi connectivity index (χ4n) is 1.69. The fourth-order valence-corrected chi connectivity index (χ4v) is 1.69. The molecule has 0 spiro atoms. The molecule has 0 fully saturated rings. The van der Waals surface area contributed by atoms with Crippen molar-refractivity contribution >= 4 is 5.91 Å². The fraction of sp³-hybridized carbons (Fsp3) is 0.533. The van der Waals surface area contributed by atoms with Gasteiger partial charge in [-0.3, -0.25) is 4.79 Å². The van der Waals surface area contributed by atoms with Crippen LogP contribution < -0.4 is 14.8 Å². The van der Waals surface area contributed by atoms with Gasteiger partial charge in [0, 0.05) is 6.54 Å². The van der Waals surface area contributed by atoms with Crippen LogP contribution in [0.5, 0.6) is 11.5 Å². The van der Waals surface area contributed by atoms with Crippen LogP contribution >= 0.6 is 0 Å². The van der Waals surface area contributed by atoms with Crippen LogP contribution in [0.1, 0.15) is 19.4 Å². The Labute approximate surface area is 119 Å². The number of hydrogen-bond acceptors (Lipinski definition) is 4. The summed E-state index contributed by atoms with van der Waals surface area (Å²) in [6.45, 7) is 4.08. The van der Waals surface area contributed by atoms with Crippen molar-refractivity contribution in [3.05, 3.63) is 23.8 Å². The molecule has 1 aromatic rings. The summed E-state index contributed by atoms with van der Waals surface area (Å²) in [5.74, 6) is 1.22. The Hall–Kier alpha value is -1.75. The molecule has 0 aromatic heterocycles. The molecule has 0 aliphatic carbocycles. The number of ether oxygens (including phenoxy) is 2. The number of carbonyl (C=O) groups excluding carboxylic acids is 1. The maximum Gasteiger partial charge on any atom is 0.224 e. The van der Waals surface area contributed by atoms with Crippen LogP contribution in [0.2, 0.25) is 0 Å². The average molecular weight is 281 g/mol. The first-order chi connectivity index (χ1) is 9.47. The number of rotatable bonds is 7. The Balaban J connectivity index is 2.58. The number of aliphatic hydroxyl groups excluding tert-OH is 1. The van der Waals surface area contributed by atoms with Gasteiger partial charge in [0.05, 0.1) is 26.7 Å². The van der Waals surface area contributed by atoms with Gasteiger partial charge in [0.1, 0.15) is 0 Å². The molecule has 1 aromatic carbocycles. The van der Waals surface area contributed by atoms with Gasteiger partial charge in [0.2, 0.25) is 5.91 Å². The van der Waals surface area contributed by atoms with Crippen molar-refractivity contribution in [2.24, 2.45) is 5.92 Å². The molecule has 0 saturated carbocycles. The van der Waals surface area contributed by atoms with Crippen molar-refractivity contribution in [2.45, 2.75) is 26.4 Å². The number of nitrogens with one attached hydrogen (secondary N) is 1. The van der Waals surface area contributed by atoms with E-state index in [4.69, 9.17) is 9.47 Å². The summed E-state index contributed by atoms with van der Waals surface area (Å²) in [5, 5.41) is 12.4. The first-order valence-electron chi connectivity index (χ1n) is 6.63. The first-order valence-corrected chi connectivity index (χ1v) is 6.63. The van der Waals surface area contributed by atoms with E-state index < -0.39 is 6.10 Å². The van der Waals surface area contributed by atoms with E-state index in [1.807, 2.05) is 19.9 Å². The van der Waals surface area contributed by atoms with Gasteiger partial charge < -0.3 is 19.9 Å². The maximum absolute atomic E-state index is 11.8. The monoisotopic (exact) mass is 281 g/mol. The number of hydrogen-bond donors (Lipinski definition) is 2. The minimum absolute atomic E-state index is 0.122. The Morgan fingerprint density at radius 2 is 1.90 bits per heavy atom. The van der Waals surface area contributed by atoms with Crippen LogP contribution in [0, 0.1) is 5.92 Å². The van der Waals surface area contributed by atoms with Gasteiger partial charge in [-0.05, 0) is 23.6 Å². The molecule has 112 valence electrons. The van der Waals surface area contributed by atoms with Crippen molar-refractivity contribution in [3.63, 3.8) is 0 Å². The third kappa shape index (κ3) is 4.74. The quantitative estimate of drug-likeness (QED) is 0.792. The molecule has 1 atom stereocenters. The summed E-state index contributed by atoms with van der Waals surface area (Å²) in [5.41, 5.74) is 0.833. The summed E-state index contributed by atoms with van der Waals surface area (Å²) in [4.78, 5) is 11.8. The highest BCUT2D eigenvalue weighted by molar-refractivity contribution is 5.78. The van der Waals surface area contributed by atoms with Crippen molar-refractivity contribution in [3.8, 4) is 11.5 Å². The molecule has 0 aliphatic rings. The van der Waals surface area contributed by atoms with Crippen LogP contribution in [-0.4, -0.2) is 37.9 Å². The number of aliphatic hydroxyl groups is 1. The van der Waals surface area contributed by atoms with Crippen molar-refractivity contribution in [1.29, 1.82) is 0 Å². The summed E-state index contributed by atoms with van der Waals surface area (Å²) < 4.78 is 10.3. The van der Waals surface area contributed by atoms with Gasteiger partial charge in [-0.2, -0.15) is 0 Å². The van der Waals surface area contributed by atoms with E-state index in [1.165, 1.54) is 0 Å². The van der Waals surface area contributed by atoms with Gasteiger partial charge in [-0.1, -0.05) is 19.9 Å². The lowest BCUT2D eigenvalue weighted by molar-refractivity contribution is -0.121. The molecule has 0 unspecified atom stereocenters. The van der Waals surface area contributed by atoms with Gasteiger partial charge in [0.25, 0.3) is 0 Å². The van der Waals surface area contributed by atoms with Gasteiger partial charge in [-0.15, -0.1) is 0 Å². The lowest BCUT2D eigenvalue weighted by atomic mass is 10.1. The van der Waals surface area contributed by atoms with E-state index in [-0.39, 0.29) is 24.8 Å². The first kappa shape index (κ1) is 16.3. The topological polar surface area (TPSA) is 67.8 Å². The molecule has 1 amide bonds. The number of benzene rings is 1. The lowest BCUT2D eigenvalue weighted by Gasteiger charge is -2.15. The van der Waals surface area contributed by atoms with Crippen molar-refractivity contribution < 1.29 is 19.4 Å². The smallest absolute Gasteiger partial charge is 0.224 e. The molecule has 5 nitrogen and oxygen atoms in total. The molecular formula is C15H23NO4. The van der Waals surface area contributed by atoms with E-state index in [1.54, 1.807) is 26.4 Å². The average Bonchev–Trinajstić information content (AvgIpc) is 2.44. The number of carbonyl (C=O) groups is 1. The molecule has 0 heterocycles. The predicted octanol–water partition coefficient (Wildman–Crippen LogP) is 1.38. The van der Waals surface area contributed by atoms with Crippen LogP contribution in [0.3, 0.4) is 0 Å². The maximum atomic E-state index is 11.8. The molecule has 5 heteroatoms. The van der Waals surface area contributed by atoms with E-state index in [0.717, 1.165) is 5.56 Å². The second-order valence-corrected chi connectivity index (χ2v) is 4.98. The predicted molar refractivity (Wildman–Crippen MR) is 77.1 cm³/mol. The van der Waals surface area contributed by atoms with Crippen LogP contribution in [0.25, 0.3) is 0 Å². The van der Waals surface area contributed by atoms with Crippen LogP contribution in [0.15, 0.2) is 18.2 Å². The minimum atomic E-state index is -0.524. The van der Waals surface area contributed by atoms with E-state index in [2.05, 4.69) is 5.32 Å². The normalized spacial score (nSPS) is 12.1. The molecule has 20 heavy (non-hydrogen) atoms. The van der Waals surface area contributed by atoms with E-state index >= 15 is 0 Å². The van der Waals surface area contributed by atoms with E-state index in [9.17, 15) is 9.90 Å². The SMILES string of the molecule is COc1ccc(CC(=O)NC[C@@H](O)C(C)C)cc1OC. The van der Waals surface area contributed by atoms with Crippen molar-refractivity contribution in [1.82, 2.24) is 5.32 Å². The second kappa shape index (κ2) is 7.75. The van der Waals surface area contributed by atoms with Gasteiger partial charge in [0.15, 0.2) is 11.5 Å². The molecule has 0 bridgehead atoms. The lowest BCUT2D eigenvalue weighted by Crippen LogP contribution is -2.35. The third-order valence-electron chi connectivity index (χ3n) is 3.09. The standard InChI is InChI=1S/C15H23NO4/c1-10(2)12(17)9-16-15(18)8-11-5-6-13(19-3)14(7-11)20-4/h5-7,10,12,17H,8-9H2,1-4H3,(H,16,18)/t12-/m1/s1. The summed E-state index contributed by atoms with van der Waals surface area (Å²) in [6, 6.07) is 5.36. The molecule has 2 N–H and O–H groups in total. The Bertz CT molecular complexity index is 445. The molecular weight excluding hydrogens is 258 g/mol. The zero-order valence-corrected chi connectivity index (χ0v) is 12.5. The summed E-state index contributed by atoms with van der Waals surface area (Å²) >= 11 is 0. The Morgan fingerprint density at radius 1 is 1.25 bits per heavy atom. The summed E-state index contributed by atoms with van der Waals surface area (Å²) in [7, 11) is 3.12. The Kier molecular flexibility index (Phi) is 6.31. The molecule has 0 aliphatic heterocycles. The minimum Gasteiger partial charge on any atom is -0.493 e. The zero-order chi connectivity index (χ0) is 15.1. The number of amides is 1. The van der Waals surface area contributed by atoms with Crippen LogP contribution in [-0.2, 0) is 11.2 Å². The largest absolute Gasteiger partial charge is 0.493 e. The Morgan fingerprint density at radius 3 is 2.45 bits per heavy atom. The number of methoxy groups -OCH3 is 2. The summed E-state index contributed by atoms with van der Waals surface area (Å²) in [6.07, 6.45) is -0.283. The highest BCUT2D eigenvalue weighted by Crippen LogP contribution is 2.27. The highest BCUT2D eigenvalue weighted by atomic mass is 16.5. The second-order valence-electron chi connectivity index (χ2n) is 4.98. The third-order valence-corrected chi connectivity index (χ3v) is 3.09. The molecule has 0 saturated heterocycles. The zero-order valence-electron chi connectivity index (χ0n) is 12.5. The molecule has 0 radical (unpaired) electrons. The highest BCUT2D eigenvalue weighted by Gasteiger charge is 2.12. The van der Waals surface area contributed by atoms with Gasteiger partial charge >= 0.3 is 0 Å². The van der Waals surface area contributed by atoms with Gasteiger partial charge in [-0.25, -0.2) is 0 Å².